The molecule has 157 valence electrons. The van der Waals surface area contributed by atoms with E-state index in [-0.39, 0.29) is 25.0 Å². The SMILES string of the molecule is CC(=O)c1cccc(C#[C][Au][PH](c2ccccc2)(c2ccccc2)c2ccccc2)c1. The summed E-state index contributed by atoms with van der Waals surface area (Å²) in [6.45, 7) is 1.59. The van der Waals surface area contributed by atoms with Crippen LogP contribution in [0.4, 0.5) is 0 Å². The van der Waals surface area contributed by atoms with Crippen molar-refractivity contribution in [3.63, 3.8) is 0 Å². The average Bonchev–Trinajstić information content (AvgIpc) is 2.84. The molecule has 0 fully saturated rings. The second kappa shape index (κ2) is 10.1. The quantitative estimate of drug-likeness (QED) is 0.137. The molecule has 4 aromatic rings. The Hall–Kier alpha value is -2.72. The predicted molar refractivity (Wildman–Crippen MR) is 130 cm³/mol. The van der Waals surface area contributed by atoms with E-state index in [4.69, 9.17) is 0 Å². The van der Waals surface area contributed by atoms with E-state index < -0.39 is 5.15 Å². The van der Waals surface area contributed by atoms with Gasteiger partial charge in [-0.25, -0.2) is 0 Å². The van der Waals surface area contributed by atoms with Crippen molar-refractivity contribution in [2.75, 3.05) is 0 Å². The van der Waals surface area contributed by atoms with E-state index in [1.165, 1.54) is 15.9 Å². The van der Waals surface area contributed by atoms with E-state index in [9.17, 15) is 4.79 Å². The molecule has 0 saturated carbocycles. The van der Waals surface area contributed by atoms with Gasteiger partial charge in [-0.15, -0.1) is 0 Å². The number of benzene rings is 4. The van der Waals surface area contributed by atoms with E-state index in [1.54, 1.807) is 6.92 Å². The van der Waals surface area contributed by atoms with Crippen LogP contribution in [0, 0.1) is 10.1 Å². The van der Waals surface area contributed by atoms with E-state index in [1.807, 2.05) is 24.3 Å². The van der Waals surface area contributed by atoms with Crippen LogP contribution in [0.2, 0.25) is 0 Å². The fraction of sp³-hybridized carbons (Fsp3) is 0.0357. The van der Waals surface area contributed by atoms with Gasteiger partial charge in [-0.3, -0.25) is 0 Å². The maximum absolute atomic E-state index is 11.8. The first-order valence-electron chi connectivity index (χ1n) is 10.1. The van der Waals surface area contributed by atoms with Crippen molar-refractivity contribution in [2.45, 2.75) is 6.92 Å². The molecule has 0 saturated heterocycles. The monoisotopic (exact) mass is 603 g/mol. The van der Waals surface area contributed by atoms with Crippen molar-refractivity contribution >= 4 is 26.8 Å². The number of Topliss-reactive ketones (excluding diaryl/α,β-unsaturated/α-hetero) is 1. The minimum absolute atomic E-state index is 0.0683. The molecule has 0 bridgehead atoms. The number of hydrogen-bond donors (Lipinski definition) is 0. The number of carbonyl (C=O) groups excluding carboxylic acids is 1. The second-order valence-corrected chi connectivity index (χ2v) is 17.2. The zero-order chi connectivity index (χ0) is 21.5. The van der Waals surface area contributed by atoms with Gasteiger partial charge in [-0.2, -0.15) is 0 Å². The molecule has 3 heteroatoms. The standard InChI is InChI=1S/C18H15P.C10H7O.Au/c1-4-10-16(11-5-1)19(17-12-6-2-7-13-17)18-14-8-3-9-15-18;1-3-9-5-4-6-10(7-9)8(2)11;/h1-15H;4-7H,2H3;/q;;-1/p+1. The molecule has 4 rings (SSSR count). The minimum atomic E-state index is -2.26. The Morgan fingerprint density at radius 3 is 1.61 bits per heavy atom. The van der Waals surface area contributed by atoms with Gasteiger partial charge in [-0.1, -0.05) is 0 Å². The van der Waals surface area contributed by atoms with Crippen molar-refractivity contribution in [1.29, 1.82) is 0 Å². The van der Waals surface area contributed by atoms with E-state index in [0.29, 0.717) is 5.56 Å². The predicted octanol–water partition coefficient (Wildman–Crippen LogP) is 4.92. The summed E-state index contributed by atoms with van der Waals surface area (Å²) >= 11 is -0.374. The van der Waals surface area contributed by atoms with Crippen LogP contribution in [0.25, 0.3) is 0 Å². The van der Waals surface area contributed by atoms with Crippen LogP contribution in [0.1, 0.15) is 22.8 Å². The Morgan fingerprint density at radius 2 is 1.16 bits per heavy atom. The van der Waals surface area contributed by atoms with Gasteiger partial charge >= 0.3 is 194 Å². The summed E-state index contributed by atoms with van der Waals surface area (Å²) in [6, 6.07) is 40.3. The van der Waals surface area contributed by atoms with Gasteiger partial charge in [-0.05, 0) is 0 Å². The molecule has 0 aliphatic rings. The van der Waals surface area contributed by atoms with Crippen molar-refractivity contribution < 1.29 is 24.0 Å². The van der Waals surface area contributed by atoms with Crippen LogP contribution in [0.5, 0.6) is 0 Å². The number of carbonyl (C=O) groups is 1. The van der Waals surface area contributed by atoms with Crippen LogP contribution >= 0.6 is 5.15 Å². The van der Waals surface area contributed by atoms with Crippen molar-refractivity contribution in [1.82, 2.24) is 0 Å². The van der Waals surface area contributed by atoms with Gasteiger partial charge in [0.1, 0.15) is 0 Å². The Kier molecular flexibility index (Phi) is 6.98. The molecule has 4 aromatic carbocycles. The van der Waals surface area contributed by atoms with Crippen LogP contribution in [-0.2, 0) is 19.2 Å². The fourth-order valence-corrected chi connectivity index (χ4v) is 14.8. The molecule has 31 heavy (non-hydrogen) atoms. The Labute approximate surface area is 193 Å². The van der Waals surface area contributed by atoms with Gasteiger partial charge in [0.15, 0.2) is 0 Å². The second-order valence-electron chi connectivity index (χ2n) is 7.11. The topological polar surface area (TPSA) is 17.1 Å². The summed E-state index contributed by atoms with van der Waals surface area (Å²) < 4.78 is 3.60. The third kappa shape index (κ3) is 4.80. The molecule has 0 spiro atoms. The van der Waals surface area contributed by atoms with Gasteiger partial charge in [0.2, 0.25) is 0 Å². The van der Waals surface area contributed by atoms with Gasteiger partial charge < -0.3 is 0 Å². The Balaban J connectivity index is 1.86. The molecule has 0 unspecified atom stereocenters. The van der Waals surface area contributed by atoms with Crippen molar-refractivity contribution in [3.8, 4) is 10.1 Å². The summed E-state index contributed by atoms with van der Waals surface area (Å²) in [5.41, 5.74) is 1.61. The number of rotatable bonds is 5. The van der Waals surface area contributed by atoms with Crippen molar-refractivity contribution in [3.05, 3.63) is 126 Å². The summed E-state index contributed by atoms with van der Waals surface area (Å²) in [5, 5.41) is 1.91. The molecular weight excluding hydrogens is 580 g/mol. The molecule has 0 atom stereocenters. The molecule has 1 nitrogen and oxygen atoms in total. The molecule has 0 N–H and O–H groups in total. The first-order chi connectivity index (χ1) is 15.2. The summed E-state index contributed by atoms with van der Waals surface area (Å²) in [7, 11) is 0. The molecule has 0 aliphatic carbocycles. The molecule has 0 aromatic heterocycles. The summed E-state index contributed by atoms with van der Waals surface area (Å²) in [6.07, 6.45) is 0. The van der Waals surface area contributed by atoms with Crippen LogP contribution < -0.4 is 15.9 Å². The van der Waals surface area contributed by atoms with Crippen molar-refractivity contribution in [2.24, 2.45) is 0 Å². The molecule has 0 heterocycles. The summed E-state index contributed by atoms with van der Waals surface area (Å²) in [4.78, 5) is 11.8. The number of ketones is 1. The normalized spacial score (nSPS) is 11.4. The third-order valence-electron chi connectivity index (χ3n) is 5.05. The van der Waals surface area contributed by atoms with Gasteiger partial charge in [0.25, 0.3) is 0 Å². The van der Waals surface area contributed by atoms with E-state index >= 15 is 0 Å². The number of hydrogen-bond acceptors (Lipinski definition) is 1. The fourth-order valence-electron chi connectivity index (χ4n) is 3.53. The van der Waals surface area contributed by atoms with Crippen LogP contribution in [0.3, 0.4) is 0 Å². The zero-order valence-corrected chi connectivity index (χ0v) is 20.3. The average molecular weight is 603 g/mol. The Bertz CT molecular complexity index is 1130. The van der Waals surface area contributed by atoms with Gasteiger partial charge in [0, 0.05) is 0 Å². The maximum atomic E-state index is 11.8. The Morgan fingerprint density at radius 1 is 0.677 bits per heavy atom. The first-order valence-corrected chi connectivity index (χ1v) is 16.2. The third-order valence-corrected chi connectivity index (χ3v) is 17.8. The molecular formula is C28H23AuOP. The van der Waals surface area contributed by atoms with Crippen LogP contribution in [0.15, 0.2) is 115 Å². The van der Waals surface area contributed by atoms with Crippen LogP contribution in [-0.4, -0.2) is 5.78 Å². The molecule has 0 amide bonds. The first kappa shape index (κ1) is 21.5. The van der Waals surface area contributed by atoms with E-state index in [0.717, 1.165) is 5.56 Å². The summed E-state index contributed by atoms with van der Waals surface area (Å²) in [5.74, 6) is 3.45. The van der Waals surface area contributed by atoms with E-state index in [2.05, 4.69) is 101 Å². The molecule has 0 aliphatic heterocycles. The molecule has 0 radical (unpaired) electrons. The van der Waals surface area contributed by atoms with Gasteiger partial charge in [0.05, 0.1) is 0 Å². The zero-order valence-electron chi connectivity index (χ0n) is 17.2.